The molecule has 0 aliphatic carbocycles. The first kappa shape index (κ1) is 23.1. The summed E-state index contributed by atoms with van der Waals surface area (Å²) in [6.45, 7) is 0.345. The molecule has 33 heavy (non-hydrogen) atoms. The number of halogens is 2. The van der Waals surface area contributed by atoms with Crippen LogP contribution < -0.4 is 15.4 Å². The van der Waals surface area contributed by atoms with Crippen LogP contribution in [0.5, 0.6) is 5.75 Å². The van der Waals surface area contributed by atoms with Gasteiger partial charge in [0.25, 0.3) is 0 Å². The zero-order chi connectivity index (χ0) is 23.4. The molecule has 5 nitrogen and oxygen atoms in total. The molecule has 2 N–H and O–H groups in total. The fraction of sp³-hybridized carbons (Fsp3) is 0.120. The molecule has 0 unspecified atom stereocenters. The second kappa shape index (κ2) is 10.3. The van der Waals surface area contributed by atoms with Crippen molar-refractivity contribution in [1.29, 1.82) is 0 Å². The van der Waals surface area contributed by atoms with E-state index < -0.39 is 12.0 Å². The van der Waals surface area contributed by atoms with Gasteiger partial charge < -0.3 is 20.1 Å². The van der Waals surface area contributed by atoms with Gasteiger partial charge in [0.2, 0.25) is 0 Å². The molecule has 0 fully saturated rings. The first-order valence-corrected chi connectivity index (χ1v) is 11.2. The molecule has 4 rings (SSSR count). The Morgan fingerprint density at radius 2 is 1.73 bits per heavy atom. The van der Waals surface area contributed by atoms with Gasteiger partial charge in [0.05, 0.1) is 34.5 Å². The van der Waals surface area contributed by atoms with E-state index in [1.807, 2.05) is 60.7 Å². The van der Waals surface area contributed by atoms with Crippen LogP contribution in [0.25, 0.3) is 5.70 Å². The van der Waals surface area contributed by atoms with Crippen LogP contribution in [0.4, 0.5) is 0 Å². The lowest BCUT2D eigenvalue weighted by atomic mass is 9.93. The van der Waals surface area contributed by atoms with Gasteiger partial charge in [-0.25, -0.2) is 4.79 Å². The number of esters is 1. The maximum absolute atomic E-state index is 12.8. The van der Waals surface area contributed by atoms with Crippen molar-refractivity contribution < 1.29 is 14.3 Å². The van der Waals surface area contributed by atoms with Gasteiger partial charge in [0.1, 0.15) is 12.4 Å². The first-order valence-electron chi connectivity index (χ1n) is 10.1. The summed E-state index contributed by atoms with van der Waals surface area (Å²) in [7, 11) is 1.36. The number of ether oxygens (including phenoxy) is 2. The van der Waals surface area contributed by atoms with E-state index in [9.17, 15) is 4.79 Å². The fourth-order valence-electron chi connectivity index (χ4n) is 3.53. The lowest BCUT2D eigenvalue weighted by molar-refractivity contribution is -0.136. The van der Waals surface area contributed by atoms with E-state index in [2.05, 4.69) is 10.6 Å². The van der Waals surface area contributed by atoms with Gasteiger partial charge in [-0.15, -0.1) is 0 Å². The van der Waals surface area contributed by atoms with Gasteiger partial charge in [-0.05, 0) is 53.2 Å². The van der Waals surface area contributed by atoms with E-state index in [1.165, 1.54) is 7.11 Å². The minimum atomic E-state index is -0.481. The Morgan fingerprint density at radius 3 is 2.39 bits per heavy atom. The molecule has 0 saturated carbocycles. The number of hydrogen-bond acceptors (Lipinski definition) is 4. The van der Waals surface area contributed by atoms with Gasteiger partial charge >= 0.3 is 5.97 Å². The SMILES string of the molecule is COC(=O)C1=C(c2ccccc2)NC(=S)N[C@@H]1c1ccc(OCc2ccc(Cl)c(Cl)c2)cc1. The quantitative estimate of drug-likeness (QED) is 0.337. The monoisotopic (exact) mass is 498 g/mol. The fourth-order valence-corrected chi connectivity index (χ4v) is 4.07. The lowest BCUT2D eigenvalue weighted by Gasteiger charge is -2.31. The van der Waals surface area contributed by atoms with Crippen LogP contribution in [0.2, 0.25) is 10.0 Å². The number of thiocarbonyl (C=S) groups is 1. The van der Waals surface area contributed by atoms with Gasteiger partial charge in [0, 0.05) is 0 Å². The summed E-state index contributed by atoms with van der Waals surface area (Å²) >= 11 is 17.5. The van der Waals surface area contributed by atoms with Crippen molar-refractivity contribution in [3.8, 4) is 5.75 Å². The Morgan fingerprint density at radius 1 is 1.00 bits per heavy atom. The highest BCUT2D eigenvalue weighted by Gasteiger charge is 2.32. The predicted molar refractivity (Wildman–Crippen MR) is 134 cm³/mol. The Kier molecular flexibility index (Phi) is 7.18. The summed E-state index contributed by atoms with van der Waals surface area (Å²) in [5.74, 6) is 0.231. The molecule has 1 heterocycles. The Bertz CT molecular complexity index is 1210. The van der Waals surface area contributed by atoms with Gasteiger partial charge in [-0.2, -0.15) is 0 Å². The van der Waals surface area contributed by atoms with Crippen LogP contribution in [-0.4, -0.2) is 18.2 Å². The zero-order valence-corrected chi connectivity index (χ0v) is 19.9. The van der Waals surface area contributed by atoms with Crippen molar-refractivity contribution in [3.05, 3.63) is 105 Å². The van der Waals surface area contributed by atoms with Crippen LogP contribution in [0.3, 0.4) is 0 Å². The van der Waals surface area contributed by atoms with E-state index in [0.29, 0.717) is 38.8 Å². The summed E-state index contributed by atoms with van der Waals surface area (Å²) in [5, 5.41) is 7.70. The van der Waals surface area contributed by atoms with Crippen molar-refractivity contribution >= 4 is 52.2 Å². The van der Waals surface area contributed by atoms with Gasteiger partial charge in [-0.1, -0.05) is 71.7 Å². The van der Waals surface area contributed by atoms with Crippen LogP contribution >= 0.6 is 35.4 Å². The standard InChI is InChI=1S/C25H20Cl2N2O3S/c1-31-24(30)21-22(16-5-3-2-4-6-16)28-25(33)29-23(21)17-8-10-18(11-9-17)32-14-15-7-12-19(26)20(27)13-15/h2-13,23H,14H2,1H3,(H2,28,29,33)/t23-/m1/s1. The van der Waals surface area contributed by atoms with E-state index in [4.69, 9.17) is 44.9 Å². The highest BCUT2D eigenvalue weighted by Crippen LogP contribution is 2.33. The molecule has 168 valence electrons. The average molecular weight is 499 g/mol. The van der Waals surface area contributed by atoms with Crippen molar-refractivity contribution in [2.24, 2.45) is 0 Å². The topological polar surface area (TPSA) is 59.6 Å². The molecule has 0 bridgehead atoms. The number of benzene rings is 3. The third-order valence-electron chi connectivity index (χ3n) is 5.14. The van der Waals surface area contributed by atoms with Crippen molar-refractivity contribution in [2.45, 2.75) is 12.6 Å². The molecule has 3 aromatic rings. The number of hydrogen-bond donors (Lipinski definition) is 2. The molecular formula is C25H20Cl2N2O3S. The van der Waals surface area contributed by atoms with E-state index in [1.54, 1.807) is 12.1 Å². The minimum absolute atomic E-state index is 0.345. The van der Waals surface area contributed by atoms with E-state index >= 15 is 0 Å². The van der Waals surface area contributed by atoms with Crippen molar-refractivity contribution in [3.63, 3.8) is 0 Å². The zero-order valence-electron chi connectivity index (χ0n) is 17.6. The largest absolute Gasteiger partial charge is 0.489 e. The first-order chi connectivity index (χ1) is 16.0. The number of rotatable bonds is 6. The highest BCUT2D eigenvalue weighted by molar-refractivity contribution is 7.80. The van der Waals surface area contributed by atoms with Crippen molar-refractivity contribution in [2.75, 3.05) is 7.11 Å². The summed E-state index contributed by atoms with van der Waals surface area (Å²) in [5.41, 5.74) is 3.66. The Balaban J connectivity index is 1.60. The van der Waals surface area contributed by atoms with E-state index in [-0.39, 0.29) is 0 Å². The molecule has 8 heteroatoms. The van der Waals surface area contributed by atoms with Crippen molar-refractivity contribution in [1.82, 2.24) is 10.6 Å². The smallest absolute Gasteiger partial charge is 0.338 e. The molecule has 0 amide bonds. The van der Waals surface area contributed by atoms with Crippen LogP contribution in [-0.2, 0) is 16.1 Å². The van der Waals surface area contributed by atoms with Crippen LogP contribution in [0.15, 0.2) is 78.4 Å². The summed E-state index contributed by atoms with van der Waals surface area (Å²) in [4.78, 5) is 12.8. The second-order valence-corrected chi connectivity index (χ2v) is 8.51. The number of carbonyl (C=O) groups excluding carboxylic acids is 1. The summed E-state index contributed by atoms with van der Waals surface area (Å²) in [6.07, 6.45) is 0. The Labute approximate surface area is 207 Å². The molecule has 1 atom stereocenters. The van der Waals surface area contributed by atoms with Crippen LogP contribution in [0.1, 0.15) is 22.7 Å². The number of carbonyl (C=O) groups is 1. The number of methoxy groups -OCH3 is 1. The Hall–Kier alpha value is -3.06. The lowest BCUT2D eigenvalue weighted by Crippen LogP contribution is -2.45. The van der Waals surface area contributed by atoms with E-state index in [0.717, 1.165) is 16.7 Å². The normalized spacial score (nSPS) is 15.5. The number of nitrogens with one attached hydrogen (secondary N) is 2. The highest BCUT2D eigenvalue weighted by atomic mass is 35.5. The molecule has 0 spiro atoms. The third-order valence-corrected chi connectivity index (χ3v) is 6.10. The molecule has 0 aromatic heterocycles. The minimum Gasteiger partial charge on any atom is -0.489 e. The van der Waals surface area contributed by atoms with Gasteiger partial charge in [-0.3, -0.25) is 0 Å². The second-order valence-electron chi connectivity index (χ2n) is 7.28. The molecule has 0 radical (unpaired) electrons. The molecular weight excluding hydrogens is 479 g/mol. The third kappa shape index (κ3) is 5.30. The predicted octanol–water partition coefficient (Wildman–Crippen LogP) is 5.68. The molecule has 1 aliphatic heterocycles. The maximum atomic E-state index is 12.8. The molecule has 0 saturated heterocycles. The summed E-state index contributed by atoms with van der Waals surface area (Å²) in [6, 6.07) is 21.9. The maximum Gasteiger partial charge on any atom is 0.338 e. The molecule has 3 aromatic carbocycles. The summed E-state index contributed by atoms with van der Waals surface area (Å²) < 4.78 is 11.0. The van der Waals surface area contributed by atoms with Crippen LogP contribution in [0, 0.1) is 0 Å². The molecule has 1 aliphatic rings. The average Bonchev–Trinajstić information content (AvgIpc) is 2.84. The van der Waals surface area contributed by atoms with Gasteiger partial charge in [0.15, 0.2) is 5.11 Å².